The van der Waals surface area contributed by atoms with Crippen LogP contribution in [0.2, 0.25) is 0 Å². The highest BCUT2D eigenvalue weighted by molar-refractivity contribution is 6.12. The van der Waals surface area contributed by atoms with Crippen molar-refractivity contribution in [1.82, 2.24) is 4.90 Å². The SMILES string of the molecule is NC(=O)OCCN1C(=O)C=CC1=O. The van der Waals surface area contributed by atoms with Crippen LogP contribution in [0.1, 0.15) is 0 Å². The Bertz CT molecular complexity index is 266. The molecule has 6 heteroatoms. The summed E-state index contributed by atoms with van der Waals surface area (Å²) in [6, 6.07) is 0. The van der Waals surface area contributed by atoms with Gasteiger partial charge in [-0.25, -0.2) is 4.79 Å². The zero-order valence-corrected chi connectivity index (χ0v) is 6.73. The normalized spacial score (nSPS) is 15.2. The van der Waals surface area contributed by atoms with Gasteiger partial charge in [0, 0.05) is 12.2 Å². The summed E-state index contributed by atoms with van der Waals surface area (Å²) in [5.74, 6) is -0.809. The molecule has 13 heavy (non-hydrogen) atoms. The quantitative estimate of drug-likeness (QED) is 0.570. The third kappa shape index (κ3) is 2.29. The molecule has 0 aromatic heterocycles. The fourth-order valence-electron chi connectivity index (χ4n) is 0.889. The van der Waals surface area contributed by atoms with E-state index in [2.05, 4.69) is 10.5 Å². The van der Waals surface area contributed by atoms with Crippen molar-refractivity contribution in [2.24, 2.45) is 5.73 Å². The number of imide groups is 1. The number of nitrogens with zero attached hydrogens (tertiary/aromatic N) is 1. The second kappa shape index (κ2) is 3.70. The molecule has 2 N–H and O–H groups in total. The second-order valence-corrected chi connectivity index (χ2v) is 2.33. The van der Waals surface area contributed by atoms with Gasteiger partial charge in [-0.3, -0.25) is 14.5 Å². The first-order valence-electron chi connectivity index (χ1n) is 3.57. The molecule has 0 fully saturated rings. The third-order valence-electron chi connectivity index (χ3n) is 1.46. The van der Waals surface area contributed by atoms with Crippen molar-refractivity contribution in [1.29, 1.82) is 0 Å². The van der Waals surface area contributed by atoms with Crippen molar-refractivity contribution in [3.63, 3.8) is 0 Å². The van der Waals surface area contributed by atoms with E-state index in [1.165, 1.54) is 0 Å². The number of hydrogen-bond donors (Lipinski definition) is 1. The lowest BCUT2D eigenvalue weighted by molar-refractivity contribution is -0.137. The van der Waals surface area contributed by atoms with Crippen molar-refractivity contribution in [3.05, 3.63) is 12.2 Å². The molecule has 0 atom stereocenters. The molecule has 3 amide bonds. The molecule has 0 unspecified atom stereocenters. The number of hydrogen-bond acceptors (Lipinski definition) is 4. The predicted molar refractivity (Wildman–Crippen MR) is 41.4 cm³/mol. The molecule has 0 aromatic carbocycles. The Kier molecular flexibility index (Phi) is 2.63. The van der Waals surface area contributed by atoms with Gasteiger partial charge in [-0.05, 0) is 0 Å². The van der Waals surface area contributed by atoms with Crippen LogP contribution in [0.4, 0.5) is 4.79 Å². The highest BCUT2D eigenvalue weighted by Gasteiger charge is 2.22. The molecule has 0 aliphatic carbocycles. The first kappa shape index (κ1) is 9.24. The molecule has 0 aromatic rings. The van der Waals surface area contributed by atoms with Crippen LogP contribution in [0.5, 0.6) is 0 Å². The van der Waals surface area contributed by atoms with Crippen LogP contribution >= 0.6 is 0 Å². The zero-order chi connectivity index (χ0) is 9.84. The van der Waals surface area contributed by atoms with E-state index < -0.39 is 17.9 Å². The van der Waals surface area contributed by atoms with Crippen LogP contribution in [-0.2, 0) is 14.3 Å². The number of ether oxygens (including phenoxy) is 1. The van der Waals surface area contributed by atoms with Crippen molar-refractivity contribution >= 4 is 17.9 Å². The van der Waals surface area contributed by atoms with Gasteiger partial charge >= 0.3 is 6.09 Å². The number of rotatable bonds is 3. The molecule has 70 valence electrons. The molecule has 0 bridgehead atoms. The van der Waals surface area contributed by atoms with E-state index in [0.717, 1.165) is 17.1 Å². The fraction of sp³-hybridized carbons (Fsp3) is 0.286. The van der Waals surface area contributed by atoms with Gasteiger partial charge in [0.15, 0.2) is 0 Å². The van der Waals surface area contributed by atoms with Gasteiger partial charge in [-0.1, -0.05) is 0 Å². The molecule has 1 heterocycles. The van der Waals surface area contributed by atoms with E-state index in [1.54, 1.807) is 0 Å². The number of amides is 3. The summed E-state index contributed by atoms with van der Waals surface area (Å²) >= 11 is 0. The van der Waals surface area contributed by atoms with Crippen LogP contribution in [0.15, 0.2) is 12.2 Å². The van der Waals surface area contributed by atoms with E-state index >= 15 is 0 Å². The van der Waals surface area contributed by atoms with E-state index in [9.17, 15) is 14.4 Å². The lowest BCUT2D eigenvalue weighted by Gasteiger charge is -2.12. The summed E-state index contributed by atoms with van der Waals surface area (Å²) in [6.07, 6.45) is 1.39. The van der Waals surface area contributed by atoms with Crippen molar-refractivity contribution in [2.45, 2.75) is 0 Å². The lowest BCUT2D eigenvalue weighted by Crippen LogP contribution is -2.34. The van der Waals surface area contributed by atoms with Gasteiger partial charge in [-0.2, -0.15) is 0 Å². The highest BCUT2D eigenvalue weighted by atomic mass is 16.5. The summed E-state index contributed by atoms with van der Waals surface area (Å²) in [6.45, 7) is -0.0396. The zero-order valence-electron chi connectivity index (χ0n) is 6.73. The second-order valence-electron chi connectivity index (χ2n) is 2.33. The van der Waals surface area contributed by atoms with Gasteiger partial charge in [-0.15, -0.1) is 0 Å². The Hall–Kier alpha value is -1.85. The Balaban J connectivity index is 2.34. The molecule has 0 saturated carbocycles. The highest BCUT2D eigenvalue weighted by Crippen LogP contribution is 2.02. The molecule has 1 aliphatic rings. The van der Waals surface area contributed by atoms with Gasteiger partial charge in [0.2, 0.25) is 0 Å². The first-order chi connectivity index (χ1) is 6.11. The van der Waals surface area contributed by atoms with Gasteiger partial charge in [0.25, 0.3) is 11.8 Å². The first-order valence-corrected chi connectivity index (χ1v) is 3.57. The largest absolute Gasteiger partial charge is 0.448 e. The Morgan fingerprint density at radius 2 is 1.92 bits per heavy atom. The minimum Gasteiger partial charge on any atom is -0.448 e. The maximum absolute atomic E-state index is 10.9. The van der Waals surface area contributed by atoms with Crippen LogP contribution in [0.3, 0.4) is 0 Å². The average Bonchev–Trinajstić information content (AvgIpc) is 2.34. The van der Waals surface area contributed by atoms with E-state index in [0.29, 0.717) is 0 Å². The molecule has 0 saturated heterocycles. The Morgan fingerprint density at radius 1 is 1.38 bits per heavy atom. The maximum Gasteiger partial charge on any atom is 0.404 e. The van der Waals surface area contributed by atoms with Crippen LogP contribution < -0.4 is 5.73 Å². The van der Waals surface area contributed by atoms with Crippen LogP contribution in [0.25, 0.3) is 0 Å². The summed E-state index contributed by atoms with van der Waals surface area (Å²) in [5, 5.41) is 0. The maximum atomic E-state index is 10.9. The number of nitrogens with two attached hydrogens (primary N) is 1. The van der Waals surface area contributed by atoms with E-state index in [1.807, 2.05) is 0 Å². The fourth-order valence-corrected chi connectivity index (χ4v) is 0.889. The molecule has 1 rings (SSSR count). The van der Waals surface area contributed by atoms with Crippen LogP contribution in [0, 0.1) is 0 Å². The molecular weight excluding hydrogens is 176 g/mol. The molecular formula is C7H8N2O4. The summed E-state index contributed by atoms with van der Waals surface area (Å²) < 4.78 is 4.37. The number of carbonyl (C=O) groups is 3. The van der Waals surface area contributed by atoms with Gasteiger partial charge in [0.1, 0.15) is 6.61 Å². The Morgan fingerprint density at radius 3 is 2.38 bits per heavy atom. The summed E-state index contributed by atoms with van der Waals surface area (Å²) in [7, 11) is 0. The predicted octanol–water partition coefficient (Wildman–Crippen LogP) is -0.993. The molecule has 6 nitrogen and oxygen atoms in total. The minimum absolute atomic E-state index is 0.0353. The van der Waals surface area contributed by atoms with Crippen LogP contribution in [-0.4, -0.2) is 36.0 Å². The number of primary amides is 1. The standard InChI is InChI=1S/C7H8N2O4/c8-7(12)13-4-3-9-5(10)1-2-6(9)11/h1-2H,3-4H2,(H2,8,12). The average molecular weight is 184 g/mol. The van der Waals surface area contributed by atoms with Crippen molar-refractivity contribution in [2.75, 3.05) is 13.2 Å². The third-order valence-corrected chi connectivity index (χ3v) is 1.46. The topological polar surface area (TPSA) is 89.7 Å². The molecule has 0 spiro atoms. The smallest absolute Gasteiger partial charge is 0.404 e. The molecule has 1 aliphatic heterocycles. The lowest BCUT2D eigenvalue weighted by atomic mass is 10.5. The van der Waals surface area contributed by atoms with E-state index in [-0.39, 0.29) is 13.2 Å². The van der Waals surface area contributed by atoms with Gasteiger partial charge < -0.3 is 10.5 Å². The number of carbonyl (C=O) groups excluding carboxylic acids is 3. The van der Waals surface area contributed by atoms with Crippen molar-refractivity contribution < 1.29 is 19.1 Å². The monoisotopic (exact) mass is 184 g/mol. The van der Waals surface area contributed by atoms with Crippen molar-refractivity contribution in [3.8, 4) is 0 Å². The Labute approximate surface area is 73.9 Å². The minimum atomic E-state index is -0.924. The molecule has 0 radical (unpaired) electrons. The van der Waals surface area contributed by atoms with Gasteiger partial charge in [0.05, 0.1) is 6.54 Å². The summed E-state index contributed by atoms with van der Waals surface area (Å²) in [5.41, 5.74) is 4.68. The summed E-state index contributed by atoms with van der Waals surface area (Å²) in [4.78, 5) is 32.9. The van der Waals surface area contributed by atoms with E-state index in [4.69, 9.17) is 0 Å².